The standard InChI is InChI=1S/C24H28N4O/c29-24(25-17-16-23-27-26-22-13-5-2-8-18-28(22)23)21-12-7-6-11-20(21)15-14-19-9-3-1-4-10-19/h1,3-4,6-7,9-12H,2,5,8,13-18H2,(H,25,29). The van der Waals surface area contributed by atoms with Gasteiger partial charge in [0.1, 0.15) is 11.6 Å². The van der Waals surface area contributed by atoms with Crippen molar-refractivity contribution in [2.75, 3.05) is 6.54 Å². The van der Waals surface area contributed by atoms with E-state index < -0.39 is 0 Å². The summed E-state index contributed by atoms with van der Waals surface area (Å²) >= 11 is 0. The summed E-state index contributed by atoms with van der Waals surface area (Å²) in [5.41, 5.74) is 3.14. The van der Waals surface area contributed by atoms with Crippen LogP contribution < -0.4 is 5.32 Å². The largest absolute Gasteiger partial charge is 0.352 e. The maximum atomic E-state index is 12.8. The fourth-order valence-electron chi connectivity index (χ4n) is 4.00. The highest BCUT2D eigenvalue weighted by Crippen LogP contribution is 2.15. The van der Waals surface area contributed by atoms with Gasteiger partial charge in [0.2, 0.25) is 0 Å². The summed E-state index contributed by atoms with van der Waals surface area (Å²) in [5.74, 6) is 2.07. The fraction of sp³-hybridized carbons (Fsp3) is 0.375. The second-order valence-electron chi connectivity index (χ2n) is 7.64. The molecule has 1 aliphatic heterocycles. The summed E-state index contributed by atoms with van der Waals surface area (Å²) in [4.78, 5) is 12.8. The number of fused-ring (bicyclic) bond motifs is 1. The van der Waals surface area contributed by atoms with Crippen LogP contribution in [0.3, 0.4) is 0 Å². The number of hydrogen-bond acceptors (Lipinski definition) is 3. The lowest BCUT2D eigenvalue weighted by molar-refractivity contribution is 0.0953. The molecule has 1 aliphatic rings. The minimum atomic E-state index is -0.00994. The lowest BCUT2D eigenvalue weighted by Crippen LogP contribution is -2.27. The van der Waals surface area contributed by atoms with Crippen molar-refractivity contribution in [1.82, 2.24) is 20.1 Å². The molecule has 5 heteroatoms. The van der Waals surface area contributed by atoms with Gasteiger partial charge in [-0.1, -0.05) is 55.0 Å². The van der Waals surface area contributed by atoms with Crippen molar-refractivity contribution in [1.29, 1.82) is 0 Å². The monoisotopic (exact) mass is 388 g/mol. The van der Waals surface area contributed by atoms with Crippen LogP contribution in [0.2, 0.25) is 0 Å². The third-order valence-electron chi connectivity index (χ3n) is 5.61. The van der Waals surface area contributed by atoms with Crippen LogP contribution in [0.1, 0.15) is 52.4 Å². The van der Waals surface area contributed by atoms with Gasteiger partial charge in [0.25, 0.3) is 5.91 Å². The van der Waals surface area contributed by atoms with Gasteiger partial charge in [0, 0.05) is 31.5 Å². The Bertz CT molecular complexity index is 949. The molecule has 5 nitrogen and oxygen atoms in total. The topological polar surface area (TPSA) is 59.8 Å². The highest BCUT2D eigenvalue weighted by atomic mass is 16.1. The van der Waals surface area contributed by atoms with E-state index in [2.05, 4.69) is 50.4 Å². The van der Waals surface area contributed by atoms with E-state index in [9.17, 15) is 4.79 Å². The molecule has 3 aromatic rings. The number of aromatic nitrogens is 3. The van der Waals surface area contributed by atoms with Gasteiger partial charge in [-0.15, -0.1) is 10.2 Å². The highest BCUT2D eigenvalue weighted by Gasteiger charge is 2.15. The number of benzene rings is 2. The second-order valence-corrected chi connectivity index (χ2v) is 7.64. The molecule has 150 valence electrons. The zero-order valence-electron chi connectivity index (χ0n) is 16.8. The highest BCUT2D eigenvalue weighted by molar-refractivity contribution is 5.95. The number of hydrogen-bond donors (Lipinski definition) is 1. The summed E-state index contributed by atoms with van der Waals surface area (Å²) in [7, 11) is 0. The second kappa shape index (κ2) is 9.50. The third kappa shape index (κ3) is 4.91. The molecule has 29 heavy (non-hydrogen) atoms. The molecule has 0 radical (unpaired) electrons. The van der Waals surface area contributed by atoms with Gasteiger partial charge in [-0.3, -0.25) is 4.79 Å². The molecule has 1 N–H and O–H groups in total. The van der Waals surface area contributed by atoms with Crippen LogP contribution in [0.15, 0.2) is 54.6 Å². The Kier molecular flexibility index (Phi) is 6.35. The molecule has 0 atom stereocenters. The van der Waals surface area contributed by atoms with Gasteiger partial charge >= 0.3 is 0 Å². The maximum absolute atomic E-state index is 12.8. The number of carbonyl (C=O) groups is 1. The average Bonchev–Trinajstić information content (AvgIpc) is 2.99. The molecular formula is C24H28N4O. The van der Waals surface area contributed by atoms with E-state index in [0.29, 0.717) is 13.0 Å². The van der Waals surface area contributed by atoms with Gasteiger partial charge in [-0.25, -0.2) is 0 Å². The predicted octanol–water partition coefficient (Wildman–Crippen LogP) is 3.76. The number of amides is 1. The Balaban J connectivity index is 1.35. The van der Waals surface area contributed by atoms with E-state index >= 15 is 0 Å². The zero-order valence-corrected chi connectivity index (χ0v) is 16.8. The number of nitrogens with zero attached hydrogens (tertiary/aromatic N) is 3. The zero-order chi connectivity index (χ0) is 19.9. The summed E-state index contributed by atoms with van der Waals surface area (Å²) in [6, 6.07) is 18.3. The van der Waals surface area contributed by atoms with Crippen molar-refractivity contribution in [2.45, 2.75) is 51.5 Å². The Morgan fingerprint density at radius 2 is 1.72 bits per heavy atom. The Morgan fingerprint density at radius 1 is 0.897 bits per heavy atom. The van der Waals surface area contributed by atoms with Gasteiger partial charge in [-0.05, 0) is 42.9 Å². The van der Waals surface area contributed by atoms with E-state index in [0.717, 1.165) is 48.6 Å². The molecule has 0 fully saturated rings. The Labute approximate surface area is 172 Å². The molecule has 4 rings (SSSR count). The van der Waals surface area contributed by atoms with Crippen LogP contribution >= 0.6 is 0 Å². The first-order valence-corrected chi connectivity index (χ1v) is 10.6. The minimum absolute atomic E-state index is 0.00994. The van der Waals surface area contributed by atoms with E-state index in [-0.39, 0.29) is 5.91 Å². The number of rotatable bonds is 7. The quantitative estimate of drug-likeness (QED) is 0.670. The first kappa shape index (κ1) is 19.4. The van der Waals surface area contributed by atoms with E-state index in [1.165, 1.54) is 24.8 Å². The summed E-state index contributed by atoms with van der Waals surface area (Å²) in [6.45, 7) is 1.57. The van der Waals surface area contributed by atoms with Crippen LogP contribution in [0.4, 0.5) is 0 Å². The van der Waals surface area contributed by atoms with Crippen molar-refractivity contribution >= 4 is 5.91 Å². The average molecular weight is 389 g/mol. The molecule has 0 saturated carbocycles. The van der Waals surface area contributed by atoms with Crippen molar-refractivity contribution in [3.8, 4) is 0 Å². The van der Waals surface area contributed by atoms with Gasteiger partial charge in [0.05, 0.1) is 0 Å². The molecule has 2 aromatic carbocycles. The number of nitrogens with one attached hydrogen (secondary N) is 1. The predicted molar refractivity (Wildman–Crippen MR) is 114 cm³/mol. The lowest BCUT2D eigenvalue weighted by atomic mass is 9.99. The normalized spacial score (nSPS) is 13.5. The molecule has 0 unspecified atom stereocenters. The minimum Gasteiger partial charge on any atom is -0.352 e. The van der Waals surface area contributed by atoms with Crippen LogP contribution in [-0.4, -0.2) is 27.2 Å². The molecule has 1 aromatic heterocycles. The van der Waals surface area contributed by atoms with Crippen molar-refractivity contribution in [3.63, 3.8) is 0 Å². The lowest BCUT2D eigenvalue weighted by Gasteiger charge is -2.11. The maximum Gasteiger partial charge on any atom is 0.251 e. The SMILES string of the molecule is O=C(NCCc1nnc2n1CCCCC2)c1ccccc1CCc1ccccc1. The molecule has 0 aliphatic carbocycles. The van der Waals surface area contributed by atoms with Crippen LogP contribution in [0.25, 0.3) is 0 Å². The Morgan fingerprint density at radius 3 is 2.62 bits per heavy atom. The van der Waals surface area contributed by atoms with E-state index in [1.54, 1.807) is 0 Å². The van der Waals surface area contributed by atoms with Crippen LogP contribution in [0, 0.1) is 0 Å². The Hall–Kier alpha value is -2.95. The molecular weight excluding hydrogens is 360 g/mol. The summed E-state index contributed by atoms with van der Waals surface area (Å²) in [6.07, 6.45) is 7.12. The molecule has 0 bridgehead atoms. The summed E-state index contributed by atoms with van der Waals surface area (Å²) < 4.78 is 2.24. The van der Waals surface area contributed by atoms with Crippen molar-refractivity contribution < 1.29 is 4.79 Å². The van der Waals surface area contributed by atoms with Crippen molar-refractivity contribution in [2.24, 2.45) is 0 Å². The van der Waals surface area contributed by atoms with E-state index in [1.807, 2.05) is 24.3 Å². The van der Waals surface area contributed by atoms with Crippen molar-refractivity contribution in [3.05, 3.63) is 82.9 Å². The van der Waals surface area contributed by atoms with E-state index in [4.69, 9.17) is 0 Å². The first-order chi connectivity index (χ1) is 14.3. The third-order valence-corrected chi connectivity index (χ3v) is 5.61. The van der Waals surface area contributed by atoms with Crippen LogP contribution in [-0.2, 0) is 32.2 Å². The number of aryl methyl sites for hydroxylation is 3. The smallest absolute Gasteiger partial charge is 0.251 e. The molecule has 2 heterocycles. The molecule has 0 saturated heterocycles. The van der Waals surface area contributed by atoms with Gasteiger partial charge in [-0.2, -0.15) is 0 Å². The van der Waals surface area contributed by atoms with Gasteiger partial charge < -0.3 is 9.88 Å². The first-order valence-electron chi connectivity index (χ1n) is 10.6. The molecule has 0 spiro atoms. The number of carbonyl (C=O) groups excluding carboxylic acids is 1. The summed E-state index contributed by atoms with van der Waals surface area (Å²) in [5, 5.41) is 11.8. The van der Waals surface area contributed by atoms with Gasteiger partial charge in [0.15, 0.2) is 0 Å². The van der Waals surface area contributed by atoms with Crippen LogP contribution in [0.5, 0.6) is 0 Å². The molecule has 1 amide bonds. The fourth-order valence-corrected chi connectivity index (χ4v) is 4.00.